The van der Waals surface area contributed by atoms with E-state index in [1.165, 1.54) is 45.6 Å². The van der Waals surface area contributed by atoms with Gasteiger partial charge in [-0.2, -0.15) is 0 Å². The molecule has 0 aromatic rings. The highest BCUT2D eigenvalue weighted by atomic mass is 15.3. The number of piperazine rings is 1. The first-order valence-corrected chi connectivity index (χ1v) is 6.40. The summed E-state index contributed by atoms with van der Waals surface area (Å²) in [6.45, 7) is 10.0. The number of nitrogens with one attached hydrogen (secondary N) is 1. The Balaban J connectivity index is 1.75. The lowest BCUT2D eigenvalue weighted by molar-refractivity contribution is 0.0938. The molecule has 0 saturated carbocycles. The van der Waals surface area contributed by atoms with Crippen LogP contribution in [0.15, 0.2) is 0 Å². The molecule has 2 fully saturated rings. The summed E-state index contributed by atoms with van der Waals surface area (Å²) in [5.74, 6) is 0.781. The normalized spacial score (nSPS) is 30.4. The van der Waals surface area contributed by atoms with Crippen LogP contribution in [-0.2, 0) is 0 Å². The summed E-state index contributed by atoms with van der Waals surface area (Å²) < 4.78 is 0. The molecule has 0 aromatic heterocycles. The van der Waals surface area contributed by atoms with Crippen molar-refractivity contribution in [3.8, 4) is 0 Å². The fourth-order valence-corrected chi connectivity index (χ4v) is 3.08. The van der Waals surface area contributed by atoms with Crippen molar-refractivity contribution in [2.75, 3.05) is 46.3 Å². The van der Waals surface area contributed by atoms with Crippen LogP contribution in [0.1, 0.15) is 19.8 Å². The molecule has 1 N–H and O–H groups in total. The van der Waals surface area contributed by atoms with Crippen LogP contribution in [0.4, 0.5) is 0 Å². The van der Waals surface area contributed by atoms with Gasteiger partial charge in [0, 0.05) is 32.2 Å². The van der Waals surface area contributed by atoms with Gasteiger partial charge in [-0.05, 0) is 38.9 Å². The van der Waals surface area contributed by atoms with E-state index in [4.69, 9.17) is 0 Å². The van der Waals surface area contributed by atoms with Crippen molar-refractivity contribution in [3.63, 3.8) is 0 Å². The Morgan fingerprint density at radius 3 is 3.00 bits per heavy atom. The first kappa shape index (κ1) is 11.4. The van der Waals surface area contributed by atoms with Crippen molar-refractivity contribution in [2.24, 2.45) is 5.92 Å². The van der Waals surface area contributed by atoms with Crippen molar-refractivity contribution in [2.45, 2.75) is 25.8 Å². The fourth-order valence-electron chi connectivity index (χ4n) is 3.08. The number of hydrogen-bond donors (Lipinski definition) is 1. The maximum Gasteiger partial charge on any atom is 0.0224 e. The third-order valence-corrected chi connectivity index (χ3v) is 3.79. The summed E-state index contributed by atoms with van der Waals surface area (Å²) in [6.07, 6.45) is 2.85. The van der Waals surface area contributed by atoms with E-state index in [-0.39, 0.29) is 0 Å². The highest BCUT2D eigenvalue weighted by molar-refractivity contribution is 4.87. The average Bonchev–Trinajstić information content (AvgIpc) is 2.65. The third kappa shape index (κ3) is 2.92. The SMILES string of the molecule is CNCC(C)CN1CCN2CCCC2C1. The monoisotopic (exact) mass is 211 g/mol. The van der Waals surface area contributed by atoms with Gasteiger partial charge in [-0.15, -0.1) is 0 Å². The summed E-state index contributed by atoms with van der Waals surface area (Å²) in [7, 11) is 2.05. The topological polar surface area (TPSA) is 18.5 Å². The Bertz CT molecular complexity index is 195. The van der Waals surface area contributed by atoms with Crippen molar-refractivity contribution in [1.29, 1.82) is 0 Å². The molecule has 0 aromatic carbocycles. The number of rotatable bonds is 4. The van der Waals surface area contributed by atoms with Gasteiger partial charge in [0.25, 0.3) is 0 Å². The molecule has 0 radical (unpaired) electrons. The van der Waals surface area contributed by atoms with Crippen LogP contribution in [0.25, 0.3) is 0 Å². The zero-order chi connectivity index (χ0) is 10.7. The van der Waals surface area contributed by atoms with Gasteiger partial charge in [-0.25, -0.2) is 0 Å². The molecule has 2 heterocycles. The van der Waals surface area contributed by atoms with Gasteiger partial charge in [0.1, 0.15) is 0 Å². The smallest absolute Gasteiger partial charge is 0.0224 e. The number of nitrogens with zero attached hydrogens (tertiary/aromatic N) is 2. The van der Waals surface area contributed by atoms with Crippen LogP contribution in [0.5, 0.6) is 0 Å². The molecular formula is C12H25N3. The predicted octanol–water partition coefficient (Wildman–Crippen LogP) is 0.622. The molecule has 0 bridgehead atoms. The lowest BCUT2D eigenvalue weighted by Gasteiger charge is -2.38. The van der Waals surface area contributed by atoms with E-state index in [1.807, 2.05) is 7.05 Å². The minimum Gasteiger partial charge on any atom is -0.319 e. The molecular weight excluding hydrogens is 186 g/mol. The fraction of sp³-hybridized carbons (Fsp3) is 1.00. The Labute approximate surface area is 93.8 Å². The van der Waals surface area contributed by atoms with Gasteiger partial charge in [0.15, 0.2) is 0 Å². The minimum atomic E-state index is 0.781. The Morgan fingerprint density at radius 2 is 2.20 bits per heavy atom. The summed E-state index contributed by atoms with van der Waals surface area (Å²) in [5, 5.41) is 3.27. The second-order valence-electron chi connectivity index (χ2n) is 5.25. The first-order chi connectivity index (χ1) is 7.29. The summed E-state index contributed by atoms with van der Waals surface area (Å²) in [6, 6.07) is 0.875. The van der Waals surface area contributed by atoms with E-state index >= 15 is 0 Å². The molecule has 0 aliphatic carbocycles. The van der Waals surface area contributed by atoms with E-state index in [0.717, 1.165) is 18.5 Å². The van der Waals surface area contributed by atoms with Crippen molar-refractivity contribution in [3.05, 3.63) is 0 Å². The molecule has 2 unspecified atom stereocenters. The highest BCUT2D eigenvalue weighted by Crippen LogP contribution is 2.21. The van der Waals surface area contributed by atoms with Crippen molar-refractivity contribution in [1.82, 2.24) is 15.1 Å². The van der Waals surface area contributed by atoms with Gasteiger partial charge in [-0.3, -0.25) is 4.90 Å². The van der Waals surface area contributed by atoms with Gasteiger partial charge in [0.2, 0.25) is 0 Å². The highest BCUT2D eigenvalue weighted by Gasteiger charge is 2.30. The number of fused-ring (bicyclic) bond motifs is 1. The second-order valence-corrected chi connectivity index (χ2v) is 5.25. The molecule has 15 heavy (non-hydrogen) atoms. The van der Waals surface area contributed by atoms with Crippen LogP contribution in [-0.4, -0.2) is 62.2 Å². The van der Waals surface area contributed by atoms with Crippen LogP contribution in [0, 0.1) is 5.92 Å². The molecule has 2 atom stereocenters. The minimum absolute atomic E-state index is 0.781. The van der Waals surface area contributed by atoms with Crippen LogP contribution in [0.3, 0.4) is 0 Å². The summed E-state index contributed by atoms with van der Waals surface area (Å²) in [4.78, 5) is 5.34. The lowest BCUT2D eigenvalue weighted by Crippen LogP contribution is -2.51. The molecule has 0 amide bonds. The largest absolute Gasteiger partial charge is 0.319 e. The van der Waals surface area contributed by atoms with Gasteiger partial charge >= 0.3 is 0 Å². The zero-order valence-corrected chi connectivity index (χ0v) is 10.2. The van der Waals surface area contributed by atoms with Gasteiger partial charge in [-0.1, -0.05) is 6.92 Å². The van der Waals surface area contributed by atoms with Crippen LogP contribution >= 0.6 is 0 Å². The standard InChI is InChI=1S/C12H25N3/c1-11(8-13-2)9-14-6-7-15-5-3-4-12(15)10-14/h11-13H,3-10H2,1-2H3. The molecule has 2 aliphatic rings. The second kappa shape index (κ2) is 5.28. The van der Waals surface area contributed by atoms with E-state index in [1.54, 1.807) is 0 Å². The van der Waals surface area contributed by atoms with Crippen molar-refractivity contribution >= 4 is 0 Å². The maximum atomic E-state index is 3.27. The Morgan fingerprint density at radius 1 is 1.33 bits per heavy atom. The maximum absolute atomic E-state index is 3.27. The Kier molecular flexibility index (Phi) is 4.00. The quantitative estimate of drug-likeness (QED) is 0.735. The average molecular weight is 211 g/mol. The van der Waals surface area contributed by atoms with Crippen molar-refractivity contribution < 1.29 is 0 Å². The molecule has 2 saturated heterocycles. The van der Waals surface area contributed by atoms with E-state index < -0.39 is 0 Å². The number of hydrogen-bond acceptors (Lipinski definition) is 3. The van der Waals surface area contributed by atoms with E-state index in [0.29, 0.717) is 0 Å². The van der Waals surface area contributed by atoms with Crippen LogP contribution < -0.4 is 5.32 Å². The lowest BCUT2D eigenvalue weighted by atomic mass is 10.1. The summed E-state index contributed by atoms with van der Waals surface area (Å²) in [5.41, 5.74) is 0. The van der Waals surface area contributed by atoms with Gasteiger partial charge in [0.05, 0.1) is 0 Å². The predicted molar refractivity (Wildman–Crippen MR) is 64.1 cm³/mol. The molecule has 3 heteroatoms. The summed E-state index contributed by atoms with van der Waals surface area (Å²) >= 11 is 0. The Hall–Kier alpha value is -0.120. The van der Waals surface area contributed by atoms with E-state index in [2.05, 4.69) is 22.0 Å². The zero-order valence-electron chi connectivity index (χ0n) is 10.2. The first-order valence-electron chi connectivity index (χ1n) is 6.40. The molecule has 2 aliphatic heterocycles. The molecule has 3 nitrogen and oxygen atoms in total. The third-order valence-electron chi connectivity index (χ3n) is 3.79. The molecule has 0 spiro atoms. The molecule has 88 valence electrons. The van der Waals surface area contributed by atoms with Crippen LogP contribution in [0.2, 0.25) is 0 Å². The molecule has 2 rings (SSSR count). The van der Waals surface area contributed by atoms with E-state index in [9.17, 15) is 0 Å². The van der Waals surface area contributed by atoms with Gasteiger partial charge < -0.3 is 10.2 Å².